The predicted molar refractivity (Wildman–Crippen MR) is 60.8 cm³/mol. The third-order valence-corrected chi connectivity index (χ3v) is 2.53. The zero-order valence-corrected chi connectivity index (χ0v) is 9.10. The number of H-pyrrole nitrogens is 1. The van der Waals surface area contributed by atoms with Crippen molar-refractivity contribution in [1.82, 2.24) is 24.7 Å². The van der Waals surface area contributed by atoms with Crippen molar-refractivity contribution in [2.24, 2.45) is 7.05 Å². The van der Waals surface area contributed by atoms with Crippen LogP contribution in [-0.4, -0.2) is 24.7 Å². The number of aryl methyl sites for hydroxylation is 2. The number of nitrogens with one attached hydrogen (secondary N) is 1. The van der Waals surface area contributed by atoms with Crippen molar-refractivity contribution < 1.29 is 0 Å². The molecule has 16 heavy (non-hydrogen) atoms. The van der Waals surface area contributed by atoms with E-state index in [0.29, 0.717) is 0 Å². The van der Waals surface area contributed by atoms with Crippen LogP contribution in [0.3, 0.4) is 0 Å². The van der Waals surface area contributed by atoms with Crippen LogP contribution in [0.5, 0.6) is 0 Å². The lowest BCUT2D eigenvalue weighted by Crippen LogP contribution is -1.86. The lowest BCUT2D eigenvalue weighted by molar-refractivity contribution is 0.756. The van der Waals surface area contributed by atoms with Gasteiger partial charge in [-0.05, 0) is 19.1 Å². The Morgan fingerprint density at radius 2 is 2.25 bits per heavy atom. The van der Waals surface area contributed by atoms with Gasteiger partial charge in [-0.25, -0.2) is 9.97 Å². The average molecular weight is 213 g/mol. The number of rotatable bonds is 1. The maximum atomic E-state index is 4.44. The summed E-state index contributed by atoms with van der Waals surface area (Å²) in [5.74, 6) is 0.819. The maximum Gasteiger partial charge on any atom is 0.178 e. The summed E-state index contributed by atoms with van der Waals surface area (Å²) in [7, 11) is 1.90. The lowest BCUT2D eigenvalue weighted by Gasteiger charge is -1.89. The Bertz CT molecular complexity index is 616. The average Bonchev–Trinajstić information content (AvgIpc) is 2.81. The van der Waals surface area contributed by atoms with E-state index in [1.54, 1.807) is 10.9 Å². The Morgan fingerprint density at radius 3 is 2.94 bits per heavy atom. The normalized spacial score (nSPS) is 11.1. The molecule has 0 aliphatic carbocycles. The molecule has 0 bridgehead atoms. The highest BCUT2D eigenvalue weighted by Gasteiger charge is 2.10. The molecule has 0 aliphatic rings. The third-order valence-electron chi connectivity index (χ3n) is 2.53. The fourth-order valence-electron chi connectivity index (χ4n) is 1.80. The van der Waals surface area contributed by atoms with Crippen molar-refractivity contribution in [3.8, 4) is 11.4 Å². The van der Waals surface area contributed by atoms with Crippen LogP contribution in [0.2, 0.25) is 0 Å². The van der Waals surface area contributed by atoms with Gasteiger partial charge in [0.2, 0.25) is 0 Å². The topological polar surface area (TPSA) is 59.4 Å². The van der Waals surface area contributed by atoms with Crippen LogP contribution in [0.25, 0.3) is 22.6 Å². The summed E-state index contributed by atoms with van der Waals surface area (Å²) in [5.41, 5.74) is 3.66. The van der Waals surface area contributed by atoms with E-state index in [9.17, 15) is 0 Å². The van der Waals surface area contributed by atoms with Gasteiger partial charge in [0.15, 0.2) is 5.65 Å². The smallest absolute Gasteiger partial charge is 0.178 e. The Kier molecular flexibility index (Phi) is 1.80. The molecule has 0 saturated carbocycles. The van der Waals surface area contributed by atoms with Gasteiger partial charge in [0.25, 0.3) is 0 Å². The second-order valence-corrected chi connectivity index (χ2v) is 3.76. The van der Waals surface area contributed by atoms with E-state index < -0.39 is 0 Å². The second-order valence-electron chi connectivity index (χ2n) is 3.76. The summed E-state index contributed by atoms with van der Waals surface area (Å²) >= 11 is 0. The number of imidazole rings is 1. The molecular formula is C11H11N5. The van der Waals surface area contributed by atoms with Crippen LogP contribution < -0.4 is 0 Å². The van der Waals surface area contributed by atoms with Crippen LogP contribution in [0.1, 0.15) is 5.69 Å². The molecule has 0 aliphatic heterocycles. The summed E-state index contributed by atoms with van der Waals surface area (Å²) in [5, 5.41) is 4.29. The molecule has 0 saturated heterocycles. The zero-order chi connectivity index (χ0) is 11.1. The van der Waals surface area contributed by atoms with Crippen LogP contribution in [0.15, 0.2) is 24.5 Å². The molecule has 3 heterocycles. The number of aromatic nitrogens is 5. The number of hydrogen-bond acceptors (Lipinski definition) is 3. The van der Waals surface area contributed by atoms with Gasteiger partial charge < -0.3 is 4.98 Å². The first-order valence-corrected chi connectivity index (χ1v) is 5.05. The molecule has 80 valence electrons. The zero-order valence-electron chi connectivity index (χ0n) is 9.10. The summed E-state index contributed by atoms with van der Waals surface area (Å²) in [4.78, 5) is 11.9. The van der Waals surface area contributed by atoms with E-state index in [1.807, 2.05) is 32.3 Å². The standard InChI is InChI=1S/C11H11N5/c1-7-8(6-16(2)15-7)10-13-9-4-3-5-12-11(9)14-10/h3-6H,1-2H3,(H,12,13,14). The molecule has 5 nitrogen and oxygen atoms in total. The van der Waals surface area contributed by atoms with Gasteiger partial charge in [0.05, 0.1) is 16.8 Å². The first-order valence-electron chi connectivity index (χ1n) is 5.05. The van der Waals surface area contributed by atoms with Crippen LogP contribution in [-0.2, 0) is 7.05 Å². The molecule has 5 heteroatoms. The van der Waals surface area contributed by atoms with Crippen molar-refractivity contribution >= 4 is 11.2 Å². The fraction of sp³-hybridized carbons (Fsp3) is 0.182. The first kappa shape index (κ1) is 9.08. The fourth-order valence-corrected chi connectivity index (χ4v) is 1.80. The minimum Gasteiger partial charge on any atom is -0.336 e. The minimum atomic E-state index is 0.737. The molecule has 0 amide bonds. The van der Waals surface area contributed by atoms with Gasteiger partial charge in [0, 0.05) is 19.4 Å². The highest BCUT2D eigenvalue weighted by Crippen LogP contribution is 2.21. The van der Waals surface area contributed by atoms with Gasteiger partial charge in [-0.1, -0.05) is 0 Å². The summed E-state index contributed by atoms with van der Waals surface area (Å²) in [6, 6.07) is 3.85. The molecule has 1 N–H and O–H groups in total. The molecule has 3 aromatic heterocycles. The minimum absolute atomic E-state index is 0.737. The van der Waals surface area contributed by atoms with Crippen molar-refractivity contribution in [2.45, 2.75) is 6.92 Å². The number of pyridine rings is 1. The number of nitrogens with zero attached hydrogens (tertiary/aromatic N) is 4. The van der Waals surface area contributed by atoms with Crippen molar-refractivity contribution in [3.63, 3.8) is 0 Å². The molecule has 0 fully saturated rings. The number of hydrogen-bond donors (Lipinski definition) is 1. The Morgan fingerprint density at radius 1 is 1.38 bits per heavy atom. The Labute approximate surface area is 92.2 Å². The van der Waals surface area contributed by atoms with Crippen molar-refractivity contribution in [1.29, 1.82) is 0 Å². The molecule has 3 rings (SSSR count). The lowest BCUT2D eigenvalue weighted by atomic mass is 10.2. The Hall–Kier alpha value is -2.17. The first-order chi connectivity index (χ1) is 7.74. The van der Waals surface area contributed by atoms with Crippen LogP contribution in [0.4, 0.5) is 0 Å². The molecule has 3 aromatic rings. The SMILES string of the molecule is Cc1nn(C)cc1-c1nc2ncccc2[nH]1. The quantitative estimate of drug-likeness (QED) is 0.668. The summed E-state index contributed by atoms with van der Waals surface area (Å²) in [6.45, 7) is 1.97. The van der Waals surface area contributed by atoms with E-state index in [1.165, 1.54) is 0 Å². The van der Waals surface area contributed by atoms with Gasteiger partial charge in [-0.15, -0.1) is 0 Å². The monoisotopic (exact) mass is 213 g/mol. The molecule has 0 radical (unpaired) electrons. The van der Waals surface area contributed by atoms with Gasteiger partial charge >= 0.3 is 0 Å². The maximum absolute atomic E-state index is 4.44. The molecule has 0 unspecified atom stereocenters. The third kappa shape index (κ3) is 1.29. The van der Waals surface area contributed by atoms with E-state index >= 15 is 0 Å². The van der Waals surface area contributed by atoms with Gasteiger partial charge in [0.1, 0.15) is 5.82 Å². The molecule has 0 aromatic carbocycles. The van der Waals surface area contributed by atoms with E-state index in [-0.39, 0.29) is 0 Å². The van der Waals surface area contributed by atoms with E-state index in [2.05, 4.69) is 20.1 Å². The second kappa shape index (κ2) is 3.16. The Balaban J connectivity index is 2.22. The van der Waals surface area contributed by atoms with Crippen molar-refractivity contribution in [2.75, 3.05) is 0 Å². The highest BCUT2D eigenvalue weighted by atomic mass is 15.3. The summed E-state index contributed by atoms with van der Waals surface area (Å²) < 4.78 is 1.78. The number of aromatic amines is 1. The van der Waals surface area contributed by atoms with Crippen LogP contribution in [0, 0.1) is 6.92 Å². The number of fused-ring (bicyclic) bond motifs is 1. The van der Waals surface area contributed by atoms with Crippen LogP contribution >= 0.6 is 0 Å². The molecule has 0 spiro atoms. The van der Waals surface area contributed by atoms with Gasteiger partial charge in [-0.3, -0.25) is 4.68 Å². The summed E-state index contributed by atoms with van der Waals surface area (Å²) in [6.07, 6.45) is 3.69. The molecule has 0 atom stereocenters. The molecular weight excluding hydrogens is 202 g/mol. The predicted octanol–water partition coefficient (Wildman–Crippen LogP) is 1.67. The van der Waals surface area contributed by atoms with E-state index in [4.69, 9.17) is 0 Å². The van der Waals surface area contributed by atoms with Gasteiger partial charge in [-0.2, -0.15) is 5.10 Å². The largest absolute Gasteiger partial charge is 0.336 e. The van der Waals surface area contributed by atoms with E-state index in [0.717, 1.165) is 28.2 Å². The highest BCUT2D eigenvalue weighted by molar-refractivity contribution is 5.75. The van der Waals surface area contributed by atoms with Crippen molar-refractivity contribution in [3.05, 3.63) is 30.2 Å².